The molecule has 2 aliphatic heterocycles. The zero-order valence-corrected chi connectivity index (χ0v) is 55.2. The summed E-state index contributed by atoms with van der Waals surface area (Å²) in [5.74, 6) is -10.1. The number of carboxylic acids is 1. The number of nitrogens with two attached hydrogens (primary N) is 3. The highest BCUT2D eigenvalue weighted by atomic mass is 16.4. The van der Waals surface area contributed by atoms with Gasteiger partial charge in [0.1, 0.15) is 48.3 Å². The average molecular weight is 1270 g/mol. The van der Waals surface area contributed by atoms with Crippen molar-refractivity contribution >= 4 is 71.0 Å². The third kappa shape index (κ3) is 25.1. The van der Waals surface area contributed by atoms with E-state index in [-0.39, 0.29) is 100 Å². The lowest BCUT2D eigenvalue weighted by Crippen LogP contribution is -2.61. The van der Waals surface area contributed by atoms with Gasteiger partial charge in [-0.1, -0.05) is 125 Å². The number of nitrogens with one attached hydrogen (secondary N) is 5. The smallest absolute Gasteiger partial charge is 0.305 e. The number of aliphatic hydroxyl groups excluding tert-OH is 1. The molecule has 2 fully saturated rings. The lowest BCUT2D eigenvalue weighted by atomic mass is 9.95. The Hall–Kier alpha value is -7.38. The number of piperidine rings is 1. The van der Waals surface area contributed by atoms with Crippen LogP contribution in [0.5, 0.6) is 0 Å². The molecule has 0 aliphatic carbocycles. The fourth-order valence-electron chi connectivity index (χ4n) is 11.7. The Kier molecular flexibility index (Phi) is 32.7. The van der Waals surface area contributed by atoms with Gasteiger partial charge in [-0.05, 0) is 80.6 Å². The summed E-state index contributed by atoms with van der Waals surface area (Å²) in [4.78, 5) is 163. The number of aliphatic hydroxyl groups is 1. The quantitative estimate of drug-likeness (QED) is 0.0257. The summed E-state index contributed by atoms with van der Waals surface area (Å²) in [6.45, 7) is 17.1. The lowest BCUT2D eigenvalue weighted by Gasteiger charge is -2.35. The van der Waals surface area contributed by atoms with Gasteiger partial charge in [0, 0.05) is 59.5 Å². The Balaban J connectivity index is 1.91. The highest BCUT2D eigenvalue weighted by Gasteiger charge is 2.46. The molecule has 10 amide bonds. The standard InChI is InChI=1S/C64H107N13O13/c1-12-14-15-16-20-27-52(79)76-29-22-25-43(36-76)56(83)70-47(33-42-23-18-17-19-24-42)58(85)71-46(30-38(3)4)57(84)73-49(31-39(5)6)62(89)77-37-44(78)34-51(77)63(90)74(10)50(32-40(7)8)60(87)72-48(35-53(80)81)59(86)69-45(26-21-28-68-64(66)67)61(88)75(11)54(55(65)82)41(9)13-2/h17-19,23-24,38-41,43-51,54,78H,12-16,20-22,25-37H2,1-11H3,(H2,65,82)(H,69,86)(H,70,83)(H,71,85)(H,72,87)(H,73,84)(H,80,81)(H4,66,67,68)/t41-,43-,44+,45-,46+,47-,48-,49-,50-,51-,54-/m0/s1. The van der Waals surface area contributed by atoms with Gasteiger partial charge < -0.3 is 73.6 Å². The Morgan fingerprint density at radius 1 is 0.678 bits per heavy atom. The Morgan fingerprint density at radius 3 is 1.84 bits per heavy atom. The van der Waals surface area contributed by atoms with Gasteiger partial charge in [0.05, 0.1) is 18.4 Å². The van der Waals surface area contributed by atoms with E-state index in [0.29, 0.717) is 32.2 Å². The molecule has 0 unspecified atom stereocenters. The van der Waals surface area contributed by atoms with Crippen LogP contribution < -0.4 is 43.8 Å². The van der Waals surface area contributed by atoms with Gasteiger partial charge in [0.15, 0.2) is 5.96 Å². The normalized spacial score (nSPS) is 18.4. The number of amides is 10. The minimum Gasteiger partial charge on any atom is -0.481 e. The first-order valence-electron chi connectivity index (χ1n) is 32.3. The van der Waals surface area contributed by atoms with Crippen molar-refractivity contribution in [2.75, 3.05) is 40.3 Å². The number of likely N-dealkylation sites (N-methyl/N-ethyl adjacent to an activating group) is 2. The van der Waals surface area contributed by atoms with Crippen LogP contribution in [-0.4, -0.2) is 196 Å². The number of β-amino-alcohol motifs (C(OH)–C–C–N with tert-alkyl or cyclic N) is 1. The number of primary amides is 1. The topological polar surface area (TPSA) is 392 Å². The summed E-state index contributed by atoms with van der Waals surface area (Å²) in [5.41, 5.74) is 17.5. The molecule has 2 heterocycles. The Morgan fingerprint density at radius 2 is 1.26 bits per heavy atom. The number of rotatable bonds is 38. The van der Waals surface area contributed by atoms with E-state index in [1.54, 1.807) is 32.6 Å². The molecule has 1 aromatic rings. The lowest BCUT2D eigenvalue weighted by molar-refractivity contribution is -0.149. The van der Waals surface area contributed by atoms with E-state index >= 15 is 0 Å². The summed E-state index contributed by atoms with van der Waals surface area (Å²) in [7, 11) is 2.66. The number of hydrogen-bond acceptors (Lipinski definition) is 13. The van der Waals surface area contributed by atoms with Crippen LogP contribution in [0.25, 0.3) is 0 Å². The van der Waals surface area contributed by atoms with Crippen LogP contribution in [0.15, 0.2) is 35.3 Å². The summed E-state index contributed by atoms with van der Waals surface area (Å²) in [5, 5.41) is 34.9. The van der Waals surface area contributed by atoms with Gasteiger partial charge in [-0.2, -0.15) is 0 Å². The molecule has 2 saturated heterocycles. The maximum atomic E-state index is 14.9. The molecular weight excluding hydrogens is 1160 g/mol. The Labute approximate surface area is 532 Å². The van der Waals surface area contributed by atoms with Crippen LogP contribution >= 0.6 is 0 Å². The van der Waals surface area contributed by atoms with Crippen molar-refractivity contribution < 1.29 is 63.0 Å². The molecule has 0 spiro atoms. The van der Waals surface area contributed by atoms with Crippen molar-refractivity contribution in [3.63, 3.8) is 0 Å². The molecule has 0 saturated carbocycles. The number of nitrogens with zero attached hydrogens (tertiary/aromatic N) is 5. The first-order valence-corrected chi connectivity index (χ1v) is 32.3. The SMILES string of the molecule is CCCCCCCC(=O)N1CCC[C@H](C(=O)N[C@@H](Cc2ccccc2)C(=O)N[C@H](CC(C)C)C(=O)N[C@@H](CC(C)C)C(=O)N2C[C@H](O)C[C@H]2C(=O)N(C)[C@@H](CC(C)C)C(=O)N[C@@H](CC(=O)O)C(=O)N[C@@H](CCCN=C(N)N)C(=O)N(C)[C@H](C(N)=O)[C@@H](C)CC)C1. The minimum absolute atomic E-state index is 0.00112. The molecule has 1 aromatic carbocycles. The molecule has 26 nitrogen and oxygen atoms in total. The van der Waals surface area contributed by atoms with Crippen LogP contribution in [0.4, 0.5) is 0 Å². The van der Waals surface area contributed by atoms with Gasteiger partial charge in [-0.25, -0.2) is 0 Å². The molecule has 26 heteroatoms. The number of aliphatic carboxylic acids is 1. The molecule has 13 N–H and O–H groups in total. The van der Waals surface area contributed by atoms with Crippen molar-refractivity contribution in [1.29, 1.82) is 0 Å². The van der Waals surface area contributed by atoms with E-state index in [9.17, 15) is 63.0 Å². The van der Waals surface area contributed by atoms with Crippen LogP contribution in [0.3, 0.4) is 0 Å². The van der Waals surface area contributed by atoms with Crippen molar-refractivity contribution in [2.24, 2.45) is 51.8 Å². The fraction of sp³-hybridized carbons (Fsp3) is 0.719. The molecule has 90 heavy (non-hydrogen) atoms. The third-order valence-corrected chi connectivity index (χ3v) is 16.7. The molecule has 506 valence electrons. The minimum atomic E-state index is -1.81. The van der Waals surface area contributed by atoms with E-state index in [0.717, 1.165) is 52.4 Å². The summed E-state index contributed by atoms with van der Waals surface area (Å²) in [6.07, 6.45) is 4.89. The maximum Gasteiger partial charge on any atom is 0.305 e. The van der Waals surface area contributed by atoms with E-state index < -0.39 is 126 Å². The first-order chi connectivity index (χ1) is 42.4. The first kappa shape index (κ1) is 76.9. The molecule has 0 bridgehead atoms. The van der Waals surface area contributed by atoms with Crippen molar-refractivity contribution in [1.82, 2.24) is 46.2 Å². The van der Waals surface area contributed by atoms with Gasteiger partial charge in [0.2, 0.25) is 59.1 Å². The van der Waals surface area contributed by atoms with Crippen molar-refractivity contribution in [2.45, 2.75) is 226 Å². The summed E-state index contributed by atoms with van der Waals surface area (Å²) in [6, 6.07) is -1.56. The number of carbonyl (C=O) groups excluding carboxylic acids is 10. The number of carboxylic acid groups (broad SMARTS) is 1. The number of benzene rings is 1. The molecule has 0 aromatic heterocycles. The van der Waals surface area contributed by atoms with Gasteiger partial charge in [-0.3, -0.25) is 57.7 Å². The third-order valence-electron chi connectivity index (χ3n) is 16.7. The number of aliphatic imine (C=N–C) groups is 1. The molecule has 11 atom stereocenters. The van der Waals surface area contributed by atoms with Crippen LogP contribution in [-0.2, 0) is 59.2 Å². The van der Waals surface area contributed by atoms with Crippen LogP contribution in [0.2, 0.25) is 0 Å². The zero-order valence-electron chi connectivity index (χ0n) is 55.2. The highest BCUT2D eigenvalue weighted by Crippen LogP contribution is 2.26. The van der Waals surface area contributed by atoms with Gasteiger partial charge >= 0.3 is 5.97 Å². The van der Waals surface area contributed by atoms with E-state index in [1.807, 2.05) is 58.0 Å². The van der Waals surface area contributed by atoms with Crippen molar-refractivity contribution in [3.05, 3.63) is 35.9 Å². The van der Waals surface area contributed by atoms with Crippen LogP contribution in [0, 0.1) is 29.6 Å². The summed E-state index contributed by atoms with van der Waals surface area (Å²) >= 11 is 0. The number of unbranched alkanes of at least 4 members (excludes halogenated alkanes) is 4. The monoisotopic (exact) mass is 1270 g/mol. The second kappa shape index (κ2) is 38.3. The van der Waals surface area contributed by atoms with Crippen LogP contribution in [0.1, 0.15) is 171 Å². The average Bonchev–Trinajstić information content (AvgIpc) is 2.03. The van der Waals surface area contributed by atoms with Crippen molar-refractivity contribution in [3.8, 4) is 0 Å². The molecular formula is C64H107N13O13. The highest BCUT2D eigenvalue weighted by molar-refractivity contribution is 5.99. The second-order valence-corrected chi connectivity index (χ2v) is 25.8. The predicted octanol–water partition coefficient (Wildman–Crippen LogP) is 2.07. The number of guanidine groups is 1. The number of carbonyl (C=O) groups is 11. The van der Waals surface area contributed by atoms with Gasteiger partial charge in [0.25, 0.3) is 0 Å². The Bertz CT molecular complexity index is 2580. The fourth-order valence-corrected chi connectivity index (χ4v) is 11.7. The second-order valence-electron chi connectivity index (χ2n) is 25.8. The number of likely N-dealkylation sites (tertiary alicyclic amines) is 2. The van der Waals surface area contributed by atoms with E-state index in [1.165, 1.54) is 14.1 Å². The van der Waals surface area contributed by atoms with Gasteiger partial charge in [-0.15, -0.1) is 0 Å². The van der Waals surface area contributed by atoms with E-state index in [4.69, 9.17) is 17.2 Å². The molecule has 0 radical (unpaired) electrons. The molecule has 3 rings (SSSR count). The summed E-state index contributed by atoms with van der Waals surface area (Å²) < 4.78 is 0. The predicted molar refractivity (Wildman–Crippen MR) is 341 cm³/mol. The largest absolute Gasteiger partial charge is 0.481 e. The zero-order chi connectivity index (χ0) is 67.5. The number of hydrogen-bond donors (Lipinski definition) is 10. The molecule has 2 aliphatic rings. The van der Waals surface area contributed by atoms with E-state index in [2.05, 4.69) is 38.5 Å². The maximum absolute atomic E-state index is 14.9.